The number of rotatable bonds is 3. The molecule has 2 N–H and O–H groups in total. The summed E-state index contributed by atoms with van der Waals surface area (Å²) in [6, 6.07) is 11.2. The zero-order chi connectivity index (χ0) is 13.9. The van der Waals surface area contributed by atoms with Crippen molar-refractivity contribution in [2.45, 2.75) is 6.54 Å². The first kappa shape index (κ1) is 12.3. The molecule has 0 aliphatic rings. The summed E-state index contributed by atoms with van der Waals surface area (Å²) in [5.74, 6) is -0.582. The first-order valence-electron chi connectivity index (χ1n) is 6.18. The van der Waals surface area contributed by atoms with Crippen molar-refractivity contribution in [2.75, 3.05) is 0 Å². The molecule has 0 atom stereocenters. The molecule has 1 aromatic heterocycles. The minimum absolute atomic E-state index is 0.227. The Morgan fingerprint density at radius 3 is 2.80 bits per heavy atom. The molecule has 1 amide bonds. The minimum Gasteiger partial charge on any atom is -0.348 e. The average molecular weight is 269 g/mol. The third kappa shape index (κ3) is 2.51. The molecule has 0 aliphatic heterocycles. The maximum Gasteiger partial charge on any atom is 0.251 e. The second-order valence-corrected chi connectivity index (χ2v) is 4.44. The van der Waals surface area contributed by atoms with Crippen molar-refractivity contribution in [3.8, 4) is 0 Å². The summed E-state index contributed by atoms with van der Waals surface area (Å²) in [6.07, 6.45) is 1.63. The topological polar surface area (TPSA) is 57.8 Å². The van der Waals surface area contributed by atoms with Crippen molar-refractivity contribution in [1.82, 2.24) is 15.3 Å². The molecule has 0 unspecified atom stereocenters. The first-order valence-corrected chi connectivity index (χ1v) is 6.18. The average Bonchev–Trinajstić information content (AvgIpc) is 2.93. The number of imidazole rings is 1. The van der Waals surface area contributed by atoms with E-state index in [2.05, 4.69) is 15.3 Å². The molecule has 4 nitrogen and oxygen atoms in total. The molecule has 100 valence electrons. The number of aromatic amines is 1. The summed E-state index contributed by atoms with van der Waals surface area (Å²) in [5.41, 5.74) is 3.23. The quantitative estimate of drug-likeness (QED) is 0.768. The molecular weight excluding hydrogens is 257 g/mol. The Kier molecular flexibility index (Phi) is 3.16. The lowest BCUT2D eigenvalue weighted by molar-refractivity contribution is 0.0951. The zero-order valence-corrected chi connectivity index (χ0v) is 10.6. The Labute approximate surface area is 114 Å². The van der Waals surface area contributed by atoms with E-state index in [1.54, 1.807) is 6.33 Å². The molecule has 3 aromatic rings. The largest absolute Gasteiger partial charge is 0.348 e. The van der Waals surface area contributed by atoms with E-state index in [1.165, 1.54) is 24.3 Å². The van der Waals surface area contributed by atoms with Crippen LogP contribution >= 0.6 is 0 Å². The van der Waals surface area contributed by atoms with Crippen LogP contribution in [0.1, 0.15) is 15.9 Å². The molecule has 3 rings (SSSR count). The van der Waals surface area contributed by atoms with Gasteiger partial charge in [-0.25, -0.2) is 9.37 Å². The molecule has 1 heterocycles. The van der Waals surface area contributed by atoms with Crippen molar-refractivity contribution in [1.29, 1.82) is 0 Å². The van der Waals surface area contributed by atoms with Crippen molar-refractivity contribution in [3.63, 3.8) is 0 Å². The highest BCUT2D eigenvalue weighted by Gasteiger charge is 2.05. The monoisotopic (exact) mass is 269 g/mol. The molecule has 0 aliphatic carbocycles. The van der Waals surface area contributed by atoms with Crippen LogP contribution in [-0.4, -0.2) is 15.9 Å². The van der Waals surface area contributed by atoms with Gasteiger partial charge in [-0.1, -0.05) is 6.07 Å². The number of nitrogens with one attached hydrogen (secondary N) is 2. The number of carbonyl (C=O) groups excluding carboxylic acids is 1. The lowest BCUT2D eigenvalue weighted by atomic mass is 10.1. The van der Waals surface area contributed by atoms with E-state index < -0.39 is 0 Å². The standard InChI is InChI=1S/C15H12FN3O/c16-12-4-2-11(3-5-12)15(20)17-8-10-1-6-13-14(7-10)19-9-18-13/h1-7,9H,8H2,(H,17,20)(H,18,19). The second-order valence-electron chi connectivity index (χ2n) is 4.44. The fraction of sp³-hybridized carbons (Fsp3) is 0.0667. The highest BCUT2D eigenvalue weighted by atomic mass is 19.1. The number of aromatic nitrogens is 2. The molecule has 20 heavy (non-hydrogen) atoms. The van der Waals surface area contributed by atoms with E-state index in [-0.39, 0.29) is 11.7 Å². The fourth-order valence-electron chi connectivity index (χ4n) is 1.98. The number of halogens is 1. The van der Waals surface area contributed by atoms with E-state index in [0.29, 0.717) is 12.1 Å². The van der Waals surface area contributed by atoms with E-state index >= 15 is 0 Å². The fourth-order valence-corrected chi connectivity index (χ4v) is 1.98. The number of hydrogen-bond donors (Lipinski definition) is 2. The van der Waals surface area contributed by atoms with Crippen LogP contribution in [0.5, 0.6) is 0 Å². The molecule has 0 saturated carbocycles. The summed E-state index contributed by atoms with van der Waals surface area (Å²) in [4.78, 5) is 19.0. The molecule has 0 saturated heterocycles. The molecule has 5 heteroatoms. The number of carbonyl (C=O) groups is 1. The molecular formula is C15H12FN3O. The van der Waals surface area contributed by atoms with Crippen LogP contribution in [0.25, 0.3) is 11.0 Å². The number of hydrogen-bond acceptors (Lipinski definition) is 2. The van der Waals surface area contributed by atoms with E-state index in [0.717, 1.165) is 16.6 Å². The Balaban J connectivity index is 1.69. The molecule has 2 aromatic carbocycles. The van der Waals surface area contributed by atoms with Crippen molar-refractivity contribution >= 4 is 16.9 Å². The second kappa shape index (κ2) is 5.13. The smallest absolute Gasteiger partial charge is 0.251 e. The van der Waals surface area contributed by atoms with E-state index in [9.17, 15) is 9.18 Å². The summed E-state index contributed by atoms with van der Waals surface area (Å²) < 4.78 is 12.8. The van der Waals surface area contributed by atoms with Gasteiger partial charge in [0.15, 0.2) is 0 Å². The summed E-state index contributed by atoms with van der Waals surface area (Å²) in [7, 11) is 0. The number of benzene rings is 2. The Morgan fingerprint density at radius 2 is 2.00 bits per heavy atom. The Bertz CT molecular complexity index is 749. The number of amides is 1. The van der Waals surface area contributed by atoms with Gasteiger partial charge in [0, 0.05) is 12.1 Å². The van der Waals surface area contributed by atoms with E-state index in [1.807, 2.05) is 18.2 Å². The normalized spacial score (nSPS) is 10.7. The number of H-pyrrole nitrogens is 1. The molecule has 0 spiro atoms. The van der Waals surface area contributed by atoms with Gasteiger partial charge in [-0.15, -0.1) is 0 Å². The van der Waals surface area contributed by atoms with Crippen LogP contribution in [0.2, 0.25) is 0 Å². The lowest BCUT2D eigenvalue weighted by Gasteiger charge is -2.05. The van der Waals surface area contributed by atoms with Gasteiger partial charge in [-0.05, 0) is 42.0 Å². The van der Waals surface area contributed by atoms with Crippen LogP contribution in [0.4, 0.5) is 4.39 Å². The lowest BCUT2D eigenvalue weighted by Crippen LogP contribution is -2.22. The van der Waals surface area contributed by atoms with Gasteiger partial charge in [0.1, 0.15) is 5.82 Å². The summed E-state index contributed by atoms with van der Waals surface area (Å²) >= 11 is 0. The third-order valence-corrected chi connectivity index (χ3v) is 3.04. The Hall–Kier alpha value is -2.69. The SMILES string of the molecule is O=C(NCc1ccc2nc[nH]c2c1)c1ccc(F)cc1. The van der Waals surface area contributed by atoms with E-state index in [4.69, 9.17) is 0 Å². The Morgan fingerprint density at radius 1 is 1.20 bits per heavy atom. The van der Waals surface area contributed by atoms with Gasteiger partial charge in [0.2, 0.25) is 0 Å². The van der Waals surface area contributed by atoms with Crippen LogP contribution in [0.3, 0.4) is 0 Å². The molecule has 0 fully saturated rings. The van der Waals surface area contributed by atoms with Gasteiger partial charge in [-0.3, -0.25) is 4.79 Å². The van der Waals surface area contributed by atoms with Gasteiger partial charge in [-0.2, -0.15) is 0 Å². The van der Waals surface area contributed by atoms with Gasteiger partial charge in [0.05, 0.1) is 17.4 Å². The predicted octanol–water partition coefficient (Wildman–Crippen LogP) is 2.63. The highest BCUT2D eigenvalue weighted by Crippen LogP contribution is 2.11. The first-order chi connectivity index (χ1) is 9.72. The third-order valence-electron chi connectivity index (χ3n) is 3.04. The van der Waals surface area contributed by atoms with Crippen molar-refractivity contribution in [2.24, 2.45) is 0 Å². The summed E-state index contributed by atoms with van der Waals surface area (Å²) in [5, 5.41) is 2.80. The van der Waals surface area contributed by atoms with Crippen molar-refractivity contribution in [3.05, 3.63) is 65.7 Å². The van der Waals surface area contributed by atoms with Crippen LogP contribution in [-0.2, 0) is 6.54 Å². The maximum absolute atomic E-state index is 12.8. The minimum atomic E-state index is -0.355. The van der Waals surface area contributed by atoms with Gasteiger partial charge in [0.25, 0.3) is 5.91 Å². The van der Waals surface area contributed by atoms with Crippen molar-refractivity contribution < 1.29 is 9.18 Å². The molecule has 0 bridgehead atoms. The maximum atomic E-state index is 12.8. The van der Waals surface area contributed by atoms with Gasteiger partial charge >= 0.3 is 0 Å². The highest BCUT2D eigenvalue weighted by molar-refractivity contribution is 5.94. The summed E-state index contributed by atoms with van der Waals surface area (Å²) in [6.45, 7) is 0.408. The predicted molar refractivity (Wildman–Crippen MR) is 73.7 cm³/mol. The number of nitrogens with zero attached hydrogens (tertiary/aromatic N) is 1. The van der Waals surface area contributed by atoms with Crippen LogP contribution in [0.15, 0.2) is 48.8 Å². The van der Waals surface area contributed by atoms with Gasteiger partial charge < -0.3 is 10.3 Å². The van der Waals surface area contributed by atoms with Crippen LogP contribution < -0.4 is 5.32 Å². The van der Waals surface area contributed by atoms with Crippen LogP contribution in [0, 0.1) is 5.82 Å². The zero-order valence-electron chi connectivity index (χ0n) is 10.6. The number of fused-ring (bicyclic) bond motifs is 1. The molecule has 0 radical (unpaired) electrons.